The summed E-state index contributed by atoms with van der Waals surface area (Å²) in [5, 5.41) is 14.0. The molecule has 0 fully saturated rings. The molecule has 2 aromatic rings. The Balaban J connectivity index is 2.14. The van der Waals surface area contributed by atoms with E-state index in [9.17, 15) is 9.90 Å². The molecular formula is C20H30N4O3S. The molecule has 0 amide bonds. The van der Waals surface area contributed by atoms with Crippen molar-refractivity contribution in [2.24, 2.45) is 0 Å². The molecule has 154 valence electrons. The molecule has 2 rings (SSSR count). The number of hydrogen-bond acceptors (Lipinski definition) is 5. The van der Waals surface area contributed by atoms with Crippen LogP contribution in [0.2, 0.25) is 0 Å². The van der Waals surface area contributed by atoms with Crippen LogP contribution in [0.1, 0.15) is 18.4 Å². The molecule has 1 aromatic heterocycles. The van der Waals surface area contributed by atoms with Crippen LogP contribution < -0.4 is 15.6 Å². The molecule has 0 aliphatic heterocycles. The quantitative estimate of drug-likeness (QED) is 0.408. The topological polar surface area (TPSA) is 80.8 Å². The summed E-state index contributed by atoms with van der Waals surface area (Å²) in [7, 11) is 5.69. The molecule has 7 nitrogen and oxygen atoms in total. The molecule has 0 bridgehead atoms. The number of aliphatic hydroxyl groups is 1. The number of thiocarbonyl (C=S) groups is 1. The molecule has 8 heteroatoms. The highest BCUT2D eigenvalue weighted by atomic mass is 32.1. The van der Waals surface area contributed by atoms with Gasteiger partial charge in [-0.25, -0.2) is 0 Å². The molecular weight excluding hydrogens is 376 g/mol. The average Bonchev–Trinajstić information content (AvgIpc) is 2.68. The predicted octanol–water partition coefficient (Wildman–Crippen LogP) is 1.55. The molecule has 0 aliphatic carbocycles. The highest BCUT2D eigenvalue weighted by molar-refractivity contribution is 7.80. The standard InChI is InChI=1S/C20H30N4O3S/c1-23(2)9-4-8-21-20(28)24(10-5-11-25)14-16-12-15-13-17(27-3)6-7-18(15)22-19(16)26/h6-7,12-13,25H,4-5,8-11,14H2,1-3H3,(H,21,28)(H,22,26). The van der Waals surface area contributed by atoms with E-state index in [2.05, 4.69) is 15.2 Å². The maximum atomic E-state index is 12.5. The third kappa shape index (κ3) is 6.47. The zero-order valence-electron chi connectivity index (χ0n) is 16.8. The van der Waals surface area contributed by atoms with Gasteiger partial charge < -0.3 is 29.9 Å². The molecule has 3 N–H and O–H groups in total. The van der Waals surface area contributed by atoms with E-state index in [1.165, 1.54) is 0 Å². The number of fused-ring (bicyclic) bond motifs is 1. The van der Waals surface area contributed by atoms with Crippen LogP contribution in [0.4, 0.5) is 0 Å². The summed E-state index contributed by atoms with van der Waals surface area (Å²) in [6, 6.07) is 7.42. The molecule has 0 saturated carbocycles. The SMILES string of the molecule is COc1ccc2[nH]c(=O)c(CN(CCCO)C(=S)NCCCN(C)C)cc2c1. The smallest absolute Gasteiger partial charge is 0.253 e. The number of aromatic amines is 1. The van der Waals surface area contributed by atoms with E-state index < -0.39 is 0 Å². The number of H-pyrrole nitrogens is 1. The van der Waals surface area contributed by atoms with Gasteiger partial charge in [0.05, 0.1) is 13.7 Å². The van der Waals surface area contributed by atoms with Gasteiger partial charge in [-0.3, -0.25) is 4.79 Å². The fraction of sp³-hybridized carbons (Fsp3) is 0.500. The molecule has 1 heterocycles. The number of aromatic nitrogens is 1. The normalized spacial score (nSPS) is 11.0. The van der Waals surface area contributed by atoms with Crippen LogP contribution in [0.3, 0.4) is 0 Å². The van der Waals surface area contributed by atoms with Gasteiger partial charge in [-0.2, -0.15) is 0 Å². The molecule has 28 heavy (non-hydrogen) atoms. The Kier molecular flexibility index (Phi) is 8.69. The third-order valence-corrected chi connectivity index (χ3v) is 4.82. The predicted molar refractivity (Wildman–Crippen MR) is 117 cm³/mol. The fourth-order valence-electron chi connectivity index (χ4n) is 2.90. The Morgan fingerprint density at radius 2 is 2.04 bits per heavy atom. The first-order valence-electron chi connectivity index (χ1n) is 9.43. The third-order valence-electron chi connectivity index (χ3n) is 4.42. The molecule has 0 unspecified atom stereocenters. The second kappa shape index (κ2) is 11.0. The van der Waals surface area contributed by atoms with Crippen molar-refractivity contribution in [3.8, 4) is 5.75 Å². The summed E-state index contributed by atoms with van der Waals surface area (Å²) in [4.78, 5) is 19.5. The van der Waals surface area contributed by atoms with Crippen LogP contribution in [0.25, 0.3) is 10.9 Å². The number of rotatable bonds is 10. The molecule has 0 spiro atoms. The van der Waals surface area contributed by atoms with Crippen molar-refractivity contribution in [2.75, 3.05) is 47.4 Å². The zero-order valence-corrected chi connectivity index (χ0v) is 17.6. The highest BCUT2D eigenvalue weighted by Gasteiger charge is 2.13. The maximum absolute atomic E-state index is 12.5. The summed E-state index contributed by atoms with van der Waals surface area (Å²) in [5.41, 5.74) is 1.25. The van der Waals surface area contributed by atoms with Gasteiger partial charge >= 0.3 is 0 Å². The van der Waals surface area contributed by atoms with Crippen molar-refractivity contribution in [3.63, 3.8) is 0 Å². The Morgan fingerprint density at radius 1 is 1.25 bits per heavy atom. The number of hydrogen-bond donors (Lipinski definition) is 3. The van der Waals surface area contributed by atoms with Gasteiger partial charge in [-0.15, -0.1) is 0 Å². The lowest BCUT2D eigenvalue weighted by Gasteiger charge is -2.26. The van der Waals surface area contributed by atoms with Crippen LogP contribution >= 0.6 is 12.2 Å². The van der Waals surface area contributed by atoms with E-state index in [0.29, 0.717) is 30.2 Å². The van der Waals surface area contributed by atoms with E-state index in [4.69, 9.17) is 17.0 Å². The highest BCUT2D eigenvalue weighted by Crippen LogP contribution is 2.19. The van der Waals surface area contributed by atoms with Gasteiger partial charge in [0, 0.05) is 36.2 Å². The Morgan fingerprint density at radius 3 is 2.71 bits per heavy atom. The van der Waals surface area contributed by atoms with Gasteiger partial charge in [-0.05, 0) is 70.0 Å². The lowest BCUT2D eigenvalue weighted by Crippen LogP contribution is -2.41. The van der Waals surface area contributed by atoms with E-state index in [1.54, 1.807) is 7.11 Å². The minimum Gasteiger partial charge on any atom is -0.497 e. The monoisotopic (exact) mass is 406 g/mol. The molecule has 0 saturated heterocycles. The van der Waals surface area contributed by atoms with Gasteiger partial charge in [0.25, 0.3) is 5.56 Å². The Bertz CT molecular complexity index is 838. The summed E-state index contributed by atoms with van der Waals surface area (Å²) in [6.45, 7) is 2.76. The summed E-state index contributed by atoms with van der Waals surface area (Å²) < 4.78 is 5.27. The Labute approximate surface area is 171 Å². The van der Waals surface area contributed by atoms with Crippen molar-refractivity contribution < 1.29 is 9.84 Å². The van der Waals surface area contributed by atoms with Crippen molar-refractivity contribution in [1.82, 2.24) is 20.1 Å². The largest absolute Gasteiger partial charge is 0.497 e. The summed E-state index contributed by atoms with van der Waals surface area (Å²) in [6.07, 6.45) is 1.55. The first-order valence-corrected chi connectivity index (χ1v) is 9.83. The summed E-state index contributed by atoms with van der Waals surface area (Å²) >= 11 is 5.53. The summed E-state index contributed by atoms with van der Waals surface area (Å²) in [5.74, 6) is 0.737. The average molecular weight is 407 g/mol. The number of pyridine rings is 1. The first-order chi connectivity index (χ1) is 13.4. The number of benzene rings is 1. The van der Waals surface area contributed by atoms with E-state index in [1.807, 2.05) is 43.3 Å². The maximum Gasteiger partial charge on any atom is 0.253 e. The van der Waals surface area contributed by atoms with Crippen LogP contribution in [0.5, 0.6) is 5.75 Å². The number of nitrogens with one attached hydrogen (secondary N) is 2. The molecule has 1 aromatic carbocycles. The lowest BCUT2D eigenvalue weighted by molar-refractivity contribution is 0.264. The van der Waals surface area contributed by atoms with Crippen LogP contribution in [0, 0.1) is 0 Å². The van der Waals surface area contributed by atoms with E-state index in [0.717, 1.165) is 36.2 Å². The number of nitrogens with zero attached hydrogens (tertiary/aromatic N) is 2. The number of methoxy groups -OCH3 is 1. The minimum absolute atomic E-state index is 0.0744. The zero-order chi connectivity index (χ0) is 20.5. The first kappa shape index (κ1) is 22.1. The van der Waals surface area contributed by atoms with Crippen LogP contribution in [0.15, 0.2) is 29.1 Å². The van der Waals surface area contributed by atoms with Crippen LogP contribution in [-0.4, -0.2) is 72.4 Å². The fourth-order valence-corrected chi connectivity index (χ4v) is 3.15. The van der Waals surface area contributed by atoms with Gasteiger partial charge in [-0.1, -0.05) is 0 Å². The van der Waals surface area contributed by atoms with Gasteiger partial charge in [0.15, 0.2) is 5.11 Å². The van der Waals surface area contributed by atoms with Gasteiger partial charge in [0.1, 0.15) is 5.75 Å². The molecule has 0 radical (unpaired) electrons. The van der Waals surface area contributed by atoms with E-state index >= 15 is 0 Å². The van der Waals surface area contributed by atoms with E-state index in [-0.39, 0.29) is 12.2 Å². The van der Waals surface area contributed by atoms with Crippen molar-refractivity contribution >= 4 is 28.2 Å². The molecule has 0 atom stereocenters. The van der Waals surface area contributed by atoms with Crippen molar-refractivity contribution in [2.45, 2.75) is 19.4 Å². The number of aliphatic hydroxyl groups excluding tert-OH is 1. The second-order valence-electron chi connectivity index (χ2n) is 6.96. The Hall–Kier alpha value is -2.16. The minimum atomic E-state index is -0.137. The van der Waals surface area contributed by atoms with Crippen LogP contribution in [-0.2, 0) is 6.54 Å². The van der Waals surface area contributed by atoms with Gasteiger partial charge in [0.2, 0.25) is 0 Å². The second-order valence-corrected chi connectivity index (χ2v) is 7.35. The molecule has 0 aliphatic rings. The van der Waals surface area contributed by atoms with Crippen molar-refractivity contribution in [1.29, 1.82) is 0 Å². The lowest BCUT2D eigenvalue weighted by atomic mass is 10.1. The number of ether oxygens (including phenoxy) is 1. The van der Waals surface area contributed by atoms with Crippen molar-refractivity contribution in [3.05, 3.63) is 40.2 Å².